The van der Waals surface area contributed by atoms with Crippen molar-refractivity contribution in [3.8, 4) is 11.5 Å². The summed E-state index contributed by atoms with van der Waals surface area (Å²) in [4.78, 5) is 11.8. The van der Waals surface area contributed by atoms with Crippen LogP contribution in [0.4, 0.5) is 0 Å². The fourth-order valence-electron chi connectivity index (χ4n) is 1.97. The van der Waals surface area contributed by atoms with Crippen LogP contribution in [-0.2, 0) is 16.1 Å². The molecule has 0 aliphatic carbocycles. The summed E-state index contributed by atoms with van der Waals surface area (Å²) in [6, 6.07) is 3.27. The molecule has 1 heterocycles. The third-order valence-electron chi connectivity index (χ3n) is 2.97. The van der Waals surface area contributed by atoms with E-state index in [-0.39, 0.29) is 24.6 Å². The van der Waals surface area contributed by atoms with Crippen LogP contribution in [-0.4, -0.2) is 31.9 Å². The molecular formula is C14H16N2O5. The summed E-state index contributed by atoms with van der Waals surface area (Å²) in [6.07, 6.45) is 0. The molecule has 0 saturated carbocycles. The van der Waals surface area contributed by atoms with Crippen molar-refractivity contribution >= 4 is 11.7 Å². The molecule has 0 radical (unpaired) electrons. The second kappa shape index (κ2) is 6.25. The van der Waals surface area contributed by atoms with Crippen molar-refractivity contribution in [1.29, 1.82) is 0 Å². The molecule has 0 fully saturated rings. The van der Waals surface area contributed by atoms with Crippen molar-refractivity contribution in [3.63, 3.8) is 0 Å². The van der Waals surface area contributed by atoms with E-state index in [1.807, 2.05) is 0 Å². The Bertz CT molecular complexity index is 622. The van der Waals surface area contributed by atoms with Crippen LogP contribution in [0.1, 0.15) is 18.1 Å². The van der Waals surface area contributed by atoms with Crippen molar-refractivity contribution in [2.24, 2.45) is 10.2 Å². The summed E-state index contributed by atoms with van der Waals surface area (Å²) in [5.74, 6) is -0.0567. The van der Waals surface area contributed by atoms with Gasteiger partial charge >= 0.3 is 5.97 Å². The van der Waals surface area contributed by atoms with Gasteiger partial charge in [0.15, 0.2) is 17.3 Å². The van der Waals surface area contributed by atoms with Crippen LogP contribution in [0.3, 0.4) is 0 Å². The number of aliphatic hydroxyl groups excluding tert-OH is 1. The minimum absolute atomic E-state index is 0.184. The average molecular weight is 292 g/mol. The number of fused-ring (bicyclic) bond motifs is 1. The fraction of sp³-hybridized carbons (Fsp3) is 0.357. The lowest BCUT2D eigenvalue weighted by molar-refractivity contribution is -0.138. The Balaban J connectivity index is 2.57. The molecule has 1 aromatic rings. The molecule has 7 heteroatoms. The molecule has 1 aromatic carbocycles. The zero-order chi connectivity index (χ0) is 15.4. The van der Waals surface area contributed by atoms with Crippen molar-refractivity contribution < 1.29 is 24.1 Å². The number of esters is 1. The third-order valence-corrected chi connectivity index (χ3v) is 2.97. The molecule has 0 aromatic heterocycles. The van der Waals surface area contributed by atoms with Crippen molar-refractivity contribution in [3.05, 3.63) is 29.0 Å². The minimum atomic E-state index is -0.721. The summed E-state index contributed by atoms with van der Waals surface area (Å²) >= 11 is 0. The van der Waals surface area contributed by atoms with Gasteiger partial charge in [-0.05, 0) is 24.6 Å². The quantitative estimate of drug-likeness (QED) is 0.861. The zero-order valence-electron chi connectivity index (χ0n) is 12.0. The first-order valence-corrected chi connectivity index (χ1v) is 6.35. The average Bonchev–Trinajstić information content (AvgIpc) is 2.65. The number of benzene rings is 1. The van der Waals surface area contributed by atoms with Gasteiger partial charge in [0.25, 0.3) is 0 Å². The van der Waals surface area contributed by atoms with E-state index in [9.17, 15) is 9.90 Å². The molecule has 0 spiro atoms. The second-order valence-electron chi connectivity index (χ2n) is 4.18. The largest absolute Gasteiger partial charge is 0.505 e. The highest BCUT2D eigenvalue weighted by molar-refractivity contribution is 5.96. The van der Waals surface area contributed by atoms with Crippen molar-refractivity contribution in [2.45, 2.75) is 13.5 Å². The smallest absolute Gasteiger partial charge is 0.362 e. The zero-order valence-corrected chi connectivity index (χ0v) is 12.0. The van der Waals surface area contributed by atoms with Crippen LogP contribution in [0.15, 0.2) is 28.1 Å². The van der Waals surface area contributed by atoms with Gasteiger partial charge in [0.1, 0.15) is 0 Å². The van der Waals surface area contributed by atoms with Crippen molar-refractivity contribution in [2.75, 3.05) is 20.8 Å². The van der Waals surface area contributed by atoms with Crippen LogP contribution in [0.25, 0.3) is 5.76 Å². The number of methoxy groups -OCH3 is 2. The van der Waals surface area contributed by atoms with Crippen LogP contribution in [0, 0.1) is 0 Å². The van der Waals surface area contributed by atoms with Gasteiger partial charge < -0.3 is 19.3 Å². The Labute approximate surface area is 121 Å². The highest BCUT2D eigenvalue weighted by Crippen LogP contribution is 2.35. The third kappa shape index (κ3) is 2.81. The lowest BCUT2D eigenvalue weighted by Gasteiger charge is -2.12. The standard InChI is InChI=1S/C14H16N2O5/c1-4-21-14(18)12-13(17)9-6-11(20-3)10(19-2)5-8(9)7-15-16-12/h5-6,17H,4,7H2,1-3H3. The number of hydrogen-bond acceptors (Lipinski definition) is 7. The monoisotopic (exact) mass is 292 g/mol. The van der Waals surface area contributed by atoms with Crippen LogP contribution < -0.4 is 9.47 Å². The van der Waals surface area contributed by atoms with Gasteiger partial charge in [-0.15, -0.1) is 5.11 Å². The van der Waals surface area contributed by atoms with Gasteiger partial charge in [0.05, 0.1) is 27.4 Å². The maximum Gasteiger partial charge on any atom is 0.362 e. The Morgan fingerprint density at radius 2 is 1.95 bits per heavy atom. The van der Waals surface area contributed by atoms with Crippen LogP contribution >= 0.6 is 0 Å². The maximum absolute atomic E-state index is 11.8. The Hall–Kier alpha value is -2.57. The molecule has 0 saturated heterocycles. The molecule has 0 atom stereocenters. The lowest BCUT2D eigenvalue weighted by Crippen LogP contribution is -2.08. The lowest BCUT2D eigenvalue weighted by atomic mass is 10.0. The summed E-state index contributed by atoms with van der Waals surface area (Å²) in [6.45, 7) is 2.07. The molecule has 7 nitrogen and oxygen atoms in total. The fourth-order valence-corrected chi connectivity index (χ4v) is 1.97. The first kappa shape index (κ1) is 14.8. The van der Waals surface area contributed by atoms with E-state index in [4.69, 9.17) is 14.2 Å². The van der Waals surface area contributed by atoms with Gasteiger partial charge in [-0.1, -0.05) is 0 Å². The second-order valence-corrected chi connectivity index (χ2v) is 4.18. The number of carbonyl (C=O) groups is 1. The summed E-state index contributed by atoms with van der Waals surface area (Å²) in [5.41, 5.74) is 0.872. The Morgan fingerprint density at radius 3 is 2.57 bits per heavy atom. The molecule has 0 amide bonds. The predicted octanol–water partition coefficient (Wildman–Crippen LogP) is 2.46. The van der Waals surface area contributed by atoms with E-state index in [1.54, 1.807) is 19.1 Å². The molecule has 0 bridgehead atoms. The van der Waals surface area contributed by atoms with Gasteiger partial charge in [-0.3, -0.25) is 0 Å². The van der Waals surface area contributed by atoms with Gasteiger partial charge in [-0.2, -0.15) is 5.11 Å². The predicted molar refractivity (Wildman–Crippen MR) is 74.3 cm³/mol. The van der Waals surface area contributed by atoms with E-state index in [1.165, 1.54) is 14.2 Å². The Morgan fingerprint density at radius 1 is 1.29 bits per heavy atom. The molecule has 1 N–H and O–H groups in total. The topological polar surface area (TPSA) is 89.7 Å². The van der Waals surface area contributed by atoms with E-state index >= 15 is 0 Å². The number of aliphatic hydroxyl groups is 1. The van der Waals surface area contributed by atoms with Crippen molar-refractivity contribution in [1.82, 2.24) is 0 Å². The van der Waals surface area contributed by atoms with Gasteiger partial charge in [0, 0.05) is 5.56 Å². The SMILES string of the molecule is CCOC(=O)C1=C(O)c2cc(OC)c(OC)cc2CN=N1. The summed E-state index contributed by atoms with van der Waals surface area (Å²) < 4.78 is 15.3. The number of rotatable bonds is 4. The number of ether oxygens (including phenoxy) is 3. The highest BCUT2D eigenvalue weighted by atomic mass is 16.5. The van der Waals surface area contributed by atoms with Crippen LogP contribution in [0.5, 0.6) is 11.5 Å². The molecule has 2 rings (SSSR count). The highest BCUT2D eigenvalue weighted by Gasteiger charge is 2.24. The maximum atomic E-state index is 11.8. The minimum Gasteiger partial charge on any atom is -0.505 e. The van der Waals surface area contributed by atoms with E-state index in [0.717, 1.165) is 0 Å². The molecule has 1 aliphatic heterocycles. The molecule has 1 aliphatic rings. The van der Waals surface area contributed by atoms with Gasteiger partial charge in [-0.25, -0.2) is 4.79 Å². The summed E-state index contributed by atoms with van der Waals surface area (Å²) in [5, 5.41) is 17.9. The number of hydrogen-bond donors (Lipinski definition) is 1. The Kier molecular flexibility index (Phi) is 4.42. The van der Waals surface area contributed by atoms with E-state index in [0.29, 0.717) is 22.6 Å². The van der Waals surface area contributed by atoms with E-state index < -0.39 is 5.97 Å². The van der Waals surface area contributed by atoms with Gasteiger partial charge in [0.2, 0.25) is 5.70 Å². The molecule has 21 heavy (non-hydrogen) atoms. The first-order chi connectivity index (χ1) is 10.1. The normalized spacial score (nSPS) is 13.5. The molecular weight excluding hydrogens is 276 g/mol. The number of azo groups is 1. The number of nitrogens with zero attached hydrogens (tertiary/aromatic N) is 2. The molecule has 112 valence electrons. The molecule has 0 unspecified atom stereocenters. The van der Waals surface area contributed by atoms with Crippen LogP contribution in [0.2, 0.25) is 0 Å². The summed E-state index contributed by atoms with van der Waals surface area (Å²) in [7, 11) is 3.00. The number of carbonyl (C=O) groups excluding carboxylic acids is 1. The van der Waals surface area contributed by atoms with E-state index in [2.05, 4.69) is 10.2 Å². The first-order valence-electron chi connectivity index (χ1n) is 6.35.